The molecular formula is C15H18BrNO3. The van der Waals surface area contributed by atoms with Gasteiger partial charge in [-0.15, -0.1) is 0 Å². The first-order valence-electron chi connectivity index (χ1n) is 6.54. The van der Waals surface area contributed by atoms with Gasteiger partial charge >= 0.3 is 6.09 Å². The minimum Gasteiger partial charge on any atom is -0.443 e. The number of rotatable bonds is 1. The number of carbonyl (C=O) groups excluding carboxylic acids is 2. The van der Waals surface area contributed by atoms with E-state index in [-0.39, 0.29) is 5.78 Å². The summed E-state index contributed by atoms with van der Waals surface area (Å²) in [5.41, 5.74) is 1.71. The molecule has 1 heterocycles. The minimum absolute atomic E-state index is 0.0719. The maximum Gasteiger partial charge on any atom is 0.414 e. The van der Waals surface area contributed by atoms with Crippen LogP contribution in [0.2, 0.25) is 0 Å². The van der Waals surface area contributed by atoms with Crippen LogP contribution in [0.25, 0.3) is 0 Å². The third-order valence-corrected chi connectivity index (χ3v) is 3.63. The summed E-state index contributed by atoms with van der Waals surface area (Å²) in [6, 6.07) is 5.55. The van der Waals surface area contributed by atoms with Crippen molar-refractivity contribution in [3.8, 4) is 0 Å². The molecule has 0 aliphatic carbocycles. The molecule has 0 N–H and O–H groups in total. The van der Waals surface area contributed by atoms with Gasteiger partial charge < -0.3 is 4.74 Å². The second kappa shape index (κ2) is 5.56. The second-order valence-electron chi connectivity index (χ2n) is 5.79. The van der Waals surface area contributed by atoms with Crippen LogP contribution in [-0.2, 0) is 10.1 Å². The molecule has 1 aliphatic heterocycles. The van der Waals surface area contributed by atoms with Crippen LogP contribution < -0.4 is 4.90 Å². The Morgan fingerprint density at radius 1 is 1.40 bits per heavy atom. The lowest BCUT2D eigenvalue weighted by Gasteiger charge is -2.31. The maximum atomic E-state index is 12.2. The van der Waals surface area contributed by atoms with E-state index in [2.05, 4.69) is 15.9 Å². The molecule has 0 saturated heterocycles. The number of alkyl halides is 1. The molecule has 5 heteroatoms. The highest BCUT2D eigenvalue weighted by Gasteiger charge is 2.30. The van der Waals surface area contributed by atoms with Crippen LogP contribution in [0.15, 0.2) is 18.2 Å². The summed E-state index contributed by atoms with van der Waals surface area (Å²) in [6.45, 7) is 5.85. The van der Waals surface area contributed by atoms with Crippen molar-refractivity contribution in [3.63, 3.8) is 0 Å². The molecule has 0 aromatic heterocycles. The molecule has 0 unspecified atom stereocenters. The molecule has 4 nitrogen and oxygen atoms in total. The monoisotopic (exact) mass is 339 g/mol. The summed E-state index contributed by atoms with van der Waals surface area (Å²) in [4.78, 5) is 25.8. The molecule has 0 saturated carbocycles. The summed E-state index contributed by atoms with van der Waals surface area (Å²) >= 11 is 3.37. The second-order valence-corrected chi connectivity index (χ2v) is 6.35. The SMILES string of the molecule is CC(C)(C)OC(=O)N1CCC(=O)c2cc(CBr)ccc21. The zero-order valence-corrected chi connectivity index (χ0v) is 13.5. The predicted molar refractivity (Wildman–Crippen MR) is 81.6 cm³/mol. The van der Waals surface area contributed by atoms with Crippen molar-refractivity contribution in [1.82, 2.24) is 0 Å². The molecule has 0 radical (unpaired) electrons. The average molecular weight is 340 g/mol. The first kappa shape index (κ1) is 15.0. The standard InChI is InChI=1S/C15H18BrNO3/c1-15(2,3)20-14(19)17-7-6-13(18)11-8-10(9-16)4-5-12(11)17/h4-5,8H,6-7,9H2,1-3H3. The number of amides is 1. The summed E-state index contributed by atoms with van der Waals surface area (Å²) < 4.78 is 5.39. The van der Waals surface area contributed by atoms with E-state index in [9.17, 15) is 9.59 Å². The highest BCUT2D eigenvalue weighted by Crippen LogP contribution is 2.30. The number of hydrogen-bond acceptors (Lipinski definition) is 3. The lowest BCUT2D eigenvalue weighted by Crippen LogP contribution is -2.41. The van der Waals surface area contributed by atoms with Crippen LogP contribution in [0.4, 0.5) is 10.5 Å². The van der Waals surface area contributed by atoms with Crippen LogP contribution in [0.3, 0.4) is 0 Å². The van der Waals surface area contributed by atoms with Crippen LogP contribution >= 0.6 is 15.9 Å². The molecule has 108 valence electrons. The zero-order chi connectivity index (χ0) is 14.9. The van der Waals surface area contributed by atoms with Crippen molar-refractivity contribution in [2.24, 2.45) is 0 Å². The number of carbonyl (C=O) groups is 2. The Bertz CT molecular complexity index is 549. The highest BCUT2D eigenvalue weighted by molar-refractivity contribution is 9.08. The molecule has 0 atom stereocenters. The van der Waals surface area contributed by atoms with E-state index in [0.717, 1.165) is 5.56 Å². The van der Waals surface area contributed by atoms with Gasteiger partial charge in [-0.3, -0.25) is 9.69 Å². The van der Waals surface area contributed by atoms with Crippen molar-refractivity contribution in [2.45, 2.75) is 38.1 Å². The molecule has 1 amide bonds. The number of ether oxygens (including phenoxy) is 1. The fraction of sp³-hybridized carbons (Fsp3) is 0.467. The van der Waals surface area contributed by atoms with Crippen molar-refractivity contribution in [3.05, 3.63) is 29.3 Å². The number of halogens is 1. The van der Waals surface area contributed by atoms with Gasteiger partial charge in [0.15, 0.2) is 5.78 Å². The number of Topliss-reactive ketones (excluding diaryl/α,β-unsaturated/α-hetero) is 1. The Labute approximate surface area is 127 Å². The van der Waals surface area contributed by atoms with Gasteiger partial charge in [0.25, 0.3) is 0 Å². The first-order chi connectivity index (χ1) is 9.31. The molecule has 0 spiro atoms. The Balaban J connectivity index is 2.34. The maximum absolute atomic E-state index is 12.2. The van der Waals surface area contributed by atoms with Crippen molar-refractivity contribution >= 4 is 33.5 Å². The van der Waals surface area contributed by atoms with Gasteiger partial charge in [-0.1, -0.05) is 22.0 Å². The van der Waals surface area contributed by atoms with E-state index in [1.807, 2.05) is 39.0 Å². The predicted octanol–water partition coefficient (Wildman–Crippen LogP) is 3.91. The lowest BCUT2D eigenvalue weighted by atomic mass is 9.99. The van der Waals surface area contributed by atoms with Gasteiger partial charge in [0.1, 0.15) is 5.60 Å². The number of nitrogens with zero attached hydrogens (tertiary/aromatic N) is 1. The fourth-order valence-corrected chi connectivity index (χ4v) is 2.45. The van der Waals surface area contributed by atoms with Gasteiger partial charge in [-0.2, -0.15) is 0 Å². The third kappa shape index (κ3) is 3.20. The molecule has 1 aromatic rings. The van der Waals surface area contributed by atoms with Crippen LogP contribution in [0.1, 0.15) is 43.1 Å². The normalized spacial score (nSPS) is 15.0. The van der Waals surface area contributed by atoms with E-state index in [4.69, 9.17) is 4.74 Å². The number of benzene rings is 1. The Kier molecular flexibility index (Phi) is 4.18. The quantitative estimate of drug-likeness (QED) is 0.728. The number of fused-ring (bicyclic) bond motifs is 1. The minimum atomic E-state index is -0.547. The number of anilines is 1. The summed E-state index contributed by atoms with van der Waals surface area (Å²) in [6.07, 6.45) is -0.0734. The fourth-order valence-electron chi connectivity index (χ4n) is 2.10. The highest BCUT2D eigenvalue weighted by atomic mass is 79.9. The molecule has 0 bridgehead atoms. The van der Waals surface area contributed by atoms with E-state index >= 15 is 0 Å². The molecule has 1 aromatic carbocycles. The molecule has 20 heavy (non-hydrogen) atoms. The van der Waals surface area contributed by atoms with Gasteiger partial charge in [-0.05, 0) is 38.5 Å². The van der Waals surface area contributed by atoms with Crippen molar-refractivity contribution < 1.29 is 14.3 Å². The average Bonchev–Trinajstić information content (AvgIpc) is 2.36. The third-order valence-electron chi connectivity index (χ3n) is 2.98. The van der Waals surface area contributed by atoms with E-state index < -0.39 is 11.7 Å². The summed E-state index contributed by atoms with van der Waals surface area (Å²) in [5.74, 6) is 0.0719. The van der Waals surface area contributed by atoms with E-state index in [1.54, 1.807) is 4.90 Å². The van der Waals surface area contributed by atoms with Crippen molar-refractivity contribution in [2.75, 3.05) is 11.4 Å². The van der Waals surface area contributed by atoms with Crippen molar-refractivity contribution in [1.29, 1.82) is 0 Å². The zero-order valence-electron chi connectivity index (χ0n) is 11.9. The Morgan fingerprint density at radius 3 is 2.70 bits per heavy atom. The molecule has 0 fully saturated rings. The number of ketones is 1. The largest absolute Gasteiger partial charge is 0.443 e. The first-order valence-corrected chi connectivity index (χ1v) is 7.66. The van der Waals surface area contributed by atoms with E-state index in [1.165, 1.54) is 0 Å². The van der Waals surface area contributed by atoms with Crippen LogP contribution in [0.5, 0.6) is 0 Å². The van der Waals surface area contributed by atoms with Gasteiger partial charge in [0.2, 0.25) is 0 Å². The molecule has 2 rings (SSSR count). The van der Waals surface area contributed by atoms with Gasteiger partial charge in [0.05, 0.1) is 5.69 Å². The van der Waals surface area contributed by atoms with Crippen LogP contribution in [0, 0.1) is 0 Å². The summed E-state index contributed by atoms with van der Waals surface area (Å²) in [5, 5.41) is 0.681. The van der Waals surface area contributed by atoms with Crippen LogP contribution in [-0.4, -0.2) is 24.0 Å². The Hall–Kier alpha value is -1.36. The Morgan fingerprint density at radius 2 is 2.10 bits per heavy atom. The molecular weight excluding hydrogens is 322 g/mol. The van der Waals surface area contributed by atoms with Gasteiger partial charge in [-0.25, -0.2) is 4.79 Å². The number of hydrogen-bond donors (Lipinski definition) is 0. The topological polar surface area (TPSA) is 46.6 Å². The smallest absolute Gasteiger partial charge is 0.414 e. The lowest BCUT2D eigenvalue weighted by molar-refractivity contribution is 0.0577. The van der Waals surface area contributed by atoms with E-state index in [0.29, 0.717) is 29.5 Å². The summed E-state index contributed by atoms with van der Waals surface area (Å²) in [7, 11) is 0. The molecule has 1 aliphatic rings. The van der Waals surface area contributed by atoms with Gasteiger partial charge in [0, 0.05) is 23.9 Å².